The molecule has 0 saturated carbocycles. The monoisotopic (exact) mass is 404 g/mol. The average molecular weight is 405 g/mol. The van der Waals surface area contributed by atoms with Crippen molar-refractivity contribution in [3.8, 4) is 5.75 Å². The van der Waals surface area contributed by atoms with Crippen molar-refractivity contribution in [2.24, 2.45) is 10.9 Å². The minimum atomic E-state index is 0.459. The quantitative estimate of drug-likeness (QED) is 0.438. The third kappa shape index (κ3) is 7.86. The molecule has 0 aromatic heterocycles. The molecular weight excluding hydrogens is 364 g/mol. The molecule has 29 heavy (non-hydrogen) atoms. The summed E-state index contributed by atoms with van der Waals surface area (Å²) in [6.45, 7) is 17.6. The van der Waals surface area contributed by atoms with Crippen molar-refractivity contribution in [1.82, 2.24) is 15.5 Å². The maximum atomic E-state index is 6.16. The van der Waals surface area contributed by atoms with Crippen LogP contribution < -0.4 is 15.4 Å². The molecule has 2 unspecified atom stereocenters. The van der Waals surface area contributed by atoms with Gasteiger partial charge in [0.1, 0.15) is 5.75 Å². The Labute approximate surface area is 177 Å². The summed E-state index contributed by atoms with van der Waals surface area (Å²) >= 11 is 0. The lowest BCUT2D eigenvalue weighted by Crippen LogP contribution is -2.46. The Morgan fingerprint density at radius 2 is 2.07 bits per heavy atom. The maximum absolute atomic E-state index is 6.16. The zero-order valence-corrected chi connectivity index (χ0v) is 19.0. The highest BCUT2D eigenvalue weighted by atomic mass is 16.5. The second kappa shape index (κ2) is 12.7. The third-order valence-corrected chi connectivity index (χ3v) is 5.47. The van der Waals surface area contributed by atoms with Crippen LogP contribution in [0.1, 0.15) is 45.2 Å². The highest BCUT2D eigenvalue weighted by Gasteiger charge is 2.17. The van der Waals surface area contributed by atoms with Gasteiger partial charge in [-0.15, -0.1) is 0 Å². The highest BCUT2D eigenvalue weighted by Crippen LogP contribution is 2.23. The lowest BCUT2D eigenvalue weighted by Gasteiger charge is -2.27. The van der Waals surface area contributed by atoms with Gasteiger partial charge in [-0.3, -0.25) is 4.90 Å². The van der Waals surface area contributed by atoms with Gasteiger partial charge in [-0.05, 0) is 51.9 Å². The summed E-state index contributed by atoms with van der Waals surface area (Å²) in [7, 11) is 0. The van der Waals surface area contributed by atoms with Crippen molar-refractivity contribution < 1.29 is 9.47 Å². The van der Waals surface area contributed by atoms with Crippen LogP contribution >= 0.6 is 0 Å². The van der Waals surface area contributed by atoms with Crippen LogP contribution in [-0.4, -0.2) is 62.9 Å². The SMILES string of the molecule is CCNC(=NCc1ccc(C)cc1OCC1CCOC1)NCC(C)N(CC)CC. The molecule has 1 aliphatic heterocycles. The second-order valence-corrected chi connectivity index (χ2v) is 7.80. The Bertz CT molecular complexity index is 625. The molecule has 0 bridgehead atoms. The number of guanidine groups is 1. The maximum Gasteiger partial charge on any atom is 0.191 e. The molecule has 0 radical (unpaired) electrons. The first-order chi connectivity index (χ1) is 14.1. The molecule has 1 saturated heterocycles. The van der Waals surface area contributed by atoms with E-state index in [1.54, 1.807) is 0 Å². The van der Waals surface area contributed by atoms with Gasteiger partial charge in [-0.25, -0.2) is 4.99 Å². The van der Waals surface area contributed by atoms with Crippen molar-refractivity contribution in [2.45, 2.75) is 53.6 Å². The number of hydrogen-bond acceptors (Lipinski definition) is 4. The van der Waals surface area contributed by atoms with Crippen LogP contribution in [0.25, 0.3) is 0 Å². The summed E-state index contributed by atoms with van der Waals surface area (Å²) < 4.78 is 11.6. The van der Waals surface area contributed by atoms with Crippen LogP contribution in [-0.2, 0) is 11.3 Å². The number of rotatable bonds is 11. The number of nitrogens with one attached hydrogen (secondary N) is 2. The molecule has 0 amide bonds. The molecule has 6 heteroatoms. The van der Waals surface area contributed by atoms with E-state index in [0.717, 1.165) is 63.1 Å². The minimum absolute atomic E-state index is 0.459. The molecule has 1 aliphatic rings. The van der Waals surface area contributed by atoms with Crippen LogP contribution in [0.3, 0.4) is 0 Å². The molecule has 2 N–H and O–H groups in total. The third-order valence-electron chi connectivity index (χ3n) is 5.47. The Hall–Kier alpha value is -1.79. The van der Waals surface area contributed by atoms with E-state index < -0.39 is 0 Å². The summed E-state index contributed by atoms with van der Waals surface area (Å²) in [4.78, 5) is 7.25. The number of likely N-dealkylation sites (N-methyl/N-ethyl adjacent to an activating group) is 1. The fourth-order valence-corrected chi connectivity index (χ4v) is 3.58. The Morgan fingerprint density at radius 3 is 2.72 bits per heavy atom. The first-order valence-electron chi connectivity index (χ1n) is 11.1. The summed E-state index contributed by atoms with van der Waals surface area (Å²) in [6.07, 6.45) is 1.08. The number of nitrogens with zero attached hydrogens (tertiary/aromatic N) is 2. The van der Waals surface area contributed by atoms with Crippen molar-refractivity contribution >= 4 is 5.96 Å². The van der Waals surface area contributed by atoms with Gasteiger partial charge in [-0.2, -0.15) is 0 Å². The van der Waals surface area contributed by atoms with E-state index >= 15 is 0 Å². The standard InChI is InChI=1S/C23H40N4O2/c1-6-24-23(25-14-19(5)27(7-2)8-3)26-15-21-10-9-18(4)13-22(21)29-17-20-11-12-28-16-20/h9-10,13,19-20H,6-8,11-12,14-17H2,1-5H3,(H2,24,25,26). The first kappa shape index (κ1) is 23.5. The molecule has 0 aliphatic carbocycles. The van der Waals surface area contributed by atoms with E-state index in [9.17, 15) is 0 Å². The van der Waals surface area contributed by atoms with E-state index in [4.69, 9.17) is 14.5 Å². The van der Waals surface area contributed by atoms with Crippen molar-refractivity contribution in [1.29, 1.82) is 0 Å². The number of ether oxygens (including phenoxy) is 2. The van der Waals surface area contributed by atoms with Gasteiger partial charge in [0.05, 0.1) is 19.8 Å². The molecular formula is C23H40N4O2. The molecule has 1 fully saturated rings. The molecule has 1 heterocycles. The van der Waals surface area contributed by atoms with Gasteiger partial charge in [0.25, 0.3) is 0 Å². The lowest BCUT2D eigenvalue weighted by atomic mass is 10.1. The Balaban J connectivity index is 1.99. The summed E-state index contributed by atoms with van der Waals surface area (Å²) in [5.74, 6) is 2.28. The normalized spacial score (nSPS) is 18.1. The van der Waals surface area contributed by atoms with Crippen LogP contribution in [0.15, 0.2) is 23.2 Å². The van der Waals surface area contributed by atoms with Gasteiger partial charge in [-0.1, -0.05) is 26.0 Å². The van der Waals surface area contributed by atoms with Crippen molar-refractivity contribution in [3.63, 3.8) is 0 Å². The molecule has 2 rings (SSSR count). The number of aryl methyl sites for hydroxylation is 1. The Kier molecular flexibility index (Phi) is 10.3. The average Bonchev–Trinajstić information content (AvgIpc) is 3.24. The lowest BCUT2D eigenvalue weighted by molar-refractivity contribution is 0.166. The summed E-state index contributed by atoms with van der Waals surface area (Å²) in [6, 6.07) is 6.82. The molecule has 164 valence electrons. The van der Waals surface area contributed by atoms with E-state index in [0.29, 0.717) is 25.1 Å². The predicted octanol–water partition coefficient (Wildman–Crippen LogP) is 3.20. The number of hydrogen-bond donors (Lipinski definition) is 2. The van der Waals surface area contributed by atoms with Crippen molar-refractivity contribution in [3.05, 3.63) is 29.3 Å². The fourth-order valence-electron chi connectivity index (χ4n) is 3.58. The molecule has 2 atom stereocenters. The van der Waals surface area contributed by atoms with E-state index in [1.165, 1.54) is 5.56 Å². The van der Waals surface area contributed by atoms with Gasteiger partial charge in [0.15, 0.2) is 5.96 Å². The zero-order valence-electron chi connectivity index (χ0n) is 19.0. The minimum Gasteiger partial charge on any atom is -0.493 e. The van der Waals surface area contributed by atoms with Crippen molar-refractivity contribution in [2.75, 3.05) is 46.0 Å². The van der Waals surface area contributed by atoms with E-state index in [2.05, 4.69) is 68.4 Å². The Morgan fingerprint density at radius 1 is 1.28 bits per heavy atom. The highest BCUT2D eigenvalue weighted by molar-refractivity contribution is 5.79. The molecule has 0 spiro atoms. The van der Waals surface area contributed by atoms with Crippen LogP contribution in [0.2, 0.25) is 0 Å². The fraction of sp³-hybridized carbons (Fsp3) is 0.696. The van der Waals surface area contributed by atoms with Gasteiger partial charge < -0.3 is 20.1 Å². The predicted molar refractivity (Wildman–Crippen MR) is 121 cm³/mol. The van der Waals surface area contributed by atoms with E-state index in [1.807, 2.05) is 0 Å². The number of benzene rings is 1. The second-order valence-electron chi connectivity index (χ2n) is 7.80. The molecule has 6 nitrogen and oxygen atoms in total. The van der Waals surface area contributed by atoms with Gasteiger partial charge in [0.2, 0.25) is 0 Å². The summed E-state index contributed by atoms with van der Waals surface area (Å²) in [5, 5.41) is 6.84. The summed E-state index contributed by atoms with van der Waals surface area (Å²) in [5.41, 5.74) is 2.32. The first-order valence-corrected chi connectivity index (χ1v) is 11.1. The molecule has 1 aromatic carbocycles. The van der Waals surface area contributed by atoms with Crippen LogP contribution in [0.5, 0.6) is 5.75 Å². The largest absolute Gasteiger partial charge is 0.493 e. The zero-order chi connectivity index (χ0) is 21.1. The van der Waals surface area contributed by atoms with Crippen LogP contribution in [0, 0.1) is 12.8 Å². The smallest absolute Gasteiger partial charge is 0.191 e. The van der Waals surface area contributed by atoms with Crippen LogP contribution in [0.4, 0.5) is 0 Å². The van der Waals surface area contributed by atoms with E-state index in [-0.39, 0.29) is 0 Å². The molecule has 1 aromatic rings. The van der Waals surface area contributed by atoms with Gasteiger partial charge in [0, 0.05) is 37.2 Å². The van der Waals surface area contributed by atoms with Gasteiger partial charge >= 0.3 is 0 Å². The number of aliphatic imine (C=N–C) groups is 1. The topological polar surface area (TPSA) is 58.1 Å².